The van der Waals surface area contributed by atoms with Gasteiger partial charge in [-0.2, -0.15) is 0 Å². The summed E-state index contributed by atoms with van der Waals surface area (Å²) in [6.45, 7) is 0. The highest BCUT2D eigenvalue weighted by molar-refractivity contribution is 5.97. The zero-order chi connectivity index (χ0) is 23.6. The van der Waals surface area contributed by atoms with Gasteiger partial charge in [-0.25, -0.2) is 4.79 Å². The van der Waals surface area contributed by atoms with Crippen LogP contribution < -0.4 is 4.74 Å². The minimum absolute atomic E-state index is 0.345. The molecule has 35 heavy (non-hydrogen) atoms. The maximum atomic E-state index is 12.8. The van der Waals surface area contributed by atoms with Crippen LogP contribution in [0.5, 0.6) is 5.75 Å². The van der Waals surface area contributed by atoms with Crippen molar-refractivity contribution in [3.05, 3.63) is 138 Å². The van der Waals surface area contributed by atoms with Crippen LogP contribution in [0.3, 0.4) is 0 Å². The van der Waals surface area contributed by atoms with Crippen molar-refractivity contribution in [2.45, 2.75) is 12.8 Å². The van der Waals surface area contributed by atoms with Crippen LogP contribution in [0.1, 0.15) is 21.5 Å². The average molecular weight is 453 g/mol. The molecule has 0 N–H and O–H groups in total. The fourth-order valence-corrected chi connectivity index (χ4v) is 4.66. The molecule has 0 fully saturated rings. The summed E-state index contributed by atoms with van der Waals surface area (Å²) < 4.78 is 5.66. The summed E-state index contributed by atoms with van der Waals surface area (Å²) >= 11 is 0. The van der Waals surface area contributed by atoms with E-state index >= 15 is 0 Å². The Kier molecular flexibility index (Phi) is 5.48. The van der Waals surface area contributed by atoms with E-state index < -0.39 is 0 Å². The Balaban J connectivity index is 1.17. The standard InChI is InChI=1S/C33H24O2/c34-33(35-32-18-17-26-6-2-4-8-28(26)22-32)31-16-15-29-20-24(12-14-30(29)21-31)10-9-23-11-13-25-5-1-3-7-27(25)19-23/h1-8,11-22H,9-10H2. The molecule has 0 heterocycles. The smallest absolute Gasteiger partial charge is 0.343 e. The van der Waals surface area contributed by atoms with Crippen LogP contribution in [0.15, 0.2) is 121 Å². The van der Waals surface area contributed by atoms with Crippen molar-refractivity contribution >= 4 is 38.3 Å². The van der Waals surface area contributed by atoms with Crippen LogP contribution in [-0.2, 0) is 12.8 Å². The summed E-state index contributed by atoms with van der Waals surface area (Å²) in [6, 6.07) is 41.1. The molecule has 0 unspecified atom stereocenters. The summed E-state index contributed by atoms with van der Waals surface area (Å²) in [5, 5.41) is 6.89. The van der Waals surface area contributed by atoms with E-state index in [2.05, 4.69) is 60.7 Å². The number of fused-ring (bicyclic) bond motifs is 3. The third-order valence-electron chi connectivity index (χ3n) is 6.59. The van der Waals surface area contributed by atoms with Gasteiger partial charge in [0, 0.05) is 0 Å². The fourth-order valence-electron chi connectivity index (χ4n) is 4.66. The molecule has 6 aromatic rings. The Morgan fingerprint density at radius 3 is 1.66 bits per heavy atom. The number of carbonyl (C=O) groups excluding carboxylic acids is 1. The van der Waals surface area contributed by atoms with E-state index in [1.54, 1.807) is 0 Å². The molecule has 0 radical (unpaired) electrons. The van der Waals surface area contributed by atoms with E-state index in [0.717, 1.165) is 34.4 Å². The summed E-state index contributed by atoms with van der Waals surface area (Å²) in [5.41, 5.74) is 3.18. The minimum atomic E-state index is -0.345. The number of carbonyl (C=O) groups is 1. The lowest BCUT2D eigenvalue weighted by Crippen LogP contribution is -2.08. The second kappa shape index (κ2) is 9.08. The molecule has 0 amide bonds. The molecule has 0 aliphatic rings. The molecule has 0 atom stereocenters. The zero-order valence-corrected chi connectivity index (χ0v) is 19.3. The van der Waals surface area contributed by atoms with Gasteiger partial charge < -0.3 is 4.74 Å². The van der Waals surface area contributed by atoms with E-state index in [1.807, 2.05) is 60.7 Å². The topological polar surface area (TPSA) is 26.3 Å². The number of aryl methyl sites for hydroxylation is 2. The highest BCUT2D eigenvalue weighted by Crippen LogP contribution is 2.24. The van der Waals surface area contributed by atoms with E-state index in [9.17, 15) is 4.79 Å². The first-order chi connectivity index (χ1) is 17.2. The van der Waals surface area contributed by atoms with Crippen LogP contribution in [0.25, 0.3) is 32.3 Å². The lowest BCUT2D eigenvalue weighted by Gasteiger charge is -2.08. The lowest BCUT2D eigenvalue weighted by molar-refractivity contribution is 0.0735. The van der Waals surface area contributed by atoms with E-state index in [-0.39, 0.29) is 5.97 Å². The van der Waals surface area contributed by atoms with Gasteiger partial charge >= 0.3 is 5.97 Å². The van der Waals surface area contributed by atoms with Crippen molar-refractivity contribution in [2.75, 3.05) is 0 Å². The molecule has 6 aromatic carbocycles. The molecular formula is C33H24O2. The fraction of sp³-hybridized carbons (Fsp3) is 0.0606. The Hall–Kier alpha value is -4.43. The van der Waals surface area contributed by atoms with Crippen LogP contribution >= 0.6 is 0 Å². The van der Waals surface area contributed by atoms with Gasteiger partial charge in [0.2, 0.25) is 0 Å². The predicted octanol–water partition coefficient (Wildman–Crippen LogP) is 8.15. The van der Waals surface area contributed by atoms with Gasteiger partial charge in [-0.15, -0.1) is 0 Å². The van der Waals surface area contributed by atoms with E-state index in [0.29, 0.717) is 11.3 Å². The third-order valence-corrected chi connectivity index (χ3v) is 6.59. The summed E-state index contributed by atoms with van der Waals surface area (Å²) in [7, 11) is 0. The highest BCUT2D eigenvalue weighted by atomic mass is 16.5. The quantitative estimate of drug-likeness (QED) is 0.195. The van der Waals surface area contributed by atoms with Gasteiger partial charge in [0.15, 0.2) is 0 Å². The lowest BCUT2D eigenvalue weighted by atomic mass is 9.98. The summed E-state index contributed by atoms with van der Waals surface area (Å²) in [6.07, 6.45) is 1.96. The largest absolute Gasteiger partial charge is 0.423 e. The molecule has 0 saturated carbocycles. The summed E-state index contributed by atoms with van der Waals surface area (Å²) in [4.78, 5) is 12.8. The predicted molar refractivity (Wildman–Crippen MR) is 144 cm³/mol. The Bertz CT molecular complexity index is 1700. The van der Waals surface area contributed by atoms with Gasteiger partial charge in [-0.05, 0) is 80.6 Å². The van der Waals surface area contributed by atoms with Crippen molar-refractivity contribution in [1.82, 2.24) is 0 Å². The number of ether oxygens (including phenoxy) is 1. The van der Waals surface area contributed by atoms with Crippen LogP contribution in [0, 0.1) is 0 Å². The molecule has 0 aliphatic carbocycles. The number of rotatable bonds is 5. The number of esters is 1. The van der Waals surface area contributed by atoms with Crippen molar-refractivity contribution < 1.29 is 9.53 Å². The van der Waals surface area contributed by atoms with Gasteiger partial charge in [0.05, 0.1) is 5.56 Å². The third kappa shape index (κ3) is 4.51. The Labute approximate surface area is 204 Å². The molecule has 2 nitrogen and oxygen atoms in total. The SMILES string of the molecule is O=C(Oc1ccc2ccccc2c1)c1ccc2cc(CCc3ccc4ccccc4c3)ccc2c1. The zero-order valence-electron chi connectivity index (χ0n) is 19.3. The first kappa shape index (κ1) is 21.1. The van der Waals surface area contributed by atoms with Crippen LogP contribution in [0.4, 0.5) is 0 Å². The molecule has 0 aliphatic heterocycles. The van der Waals surface area contributed by atoms with E-state index in [4.69, 9.17) is 4.74 Å². The molecule has 6 rings (SSSR count). The first-order valence-electron chi connectivity index (χ1n) is 11.9. The second-order valence-electron chi connectivity index (χ2n) is 8.98. The van der Waals surface area contributed by atoms with Crippen LogP contribution in [0.2, 0.25) is 0 Å². The van der Waals surface area contributed by atoms with Crippen molar-refractivity contribution in [3.8, 4) is 5.75 Å². The molecule has 0 spiro atoms. The van der Waals surface area contributed by atoms with Crippen molar-refractivity contribution in [2.24, 2.45) is 0 Å². The van der Waals surface area contributed by atoms with Crippen molar-refractivity contribution in [1.29, 1.82) is 0 Å². The van der Waals surface area contributed by atoms with E-state index in [1.165, 1.54) is 21.9 Å². The summed E-state index contributed by atoms with van der Waals surface area (Å²) in [5.74, 6) is 0.209. The number of benzene rings is 6. The molecule has 2 heteroatoms. The van der Waals surface area contributed by atoms with Gasteiger partial charge in [0.1, 0.15) is 5.75 Å². The maximum Gasteiger partial charge on any atom is 0.343 e. The minimum Gasteiger partial charge on any atom is -0.423 e. The Morgan fingerprint density at radius 2 is 0.971 bits per heavy atom. The molecule has 0 aromatic heterocycles. The maximum absolute atomic E-state index is 12.8. The average Bonchev–Trinajstić information content (AvgIpc) is 2.91. The molecule has 168 valence electrons. The van der Waals surface area contributed by atoms with Crippen LogP contribution in [-0.4, -0.2) is 5.97 Å². The number of hydrogen-bond acceptors (Lipinski definition) is 2. The monoisotopic (exact) mass is 452 g/mol. The Morgan fingerprint density at radius 1 is 0.486 bits per heavy atom. The molecular weight excluding hydrogens is 428 g/mol. The van der Waals surface area contributed by atoms with Crippen molar-refractivity contribution in [3.63, 3.8) is 0 Å². The number of hydrogen-bond donors (Lipinski definition) is 0. The first-order valence-corrected chi connectivity index (χ1v) is 11.9. The molecule has 0 bridgehead atoms. The van der Waals surface area contributed by atoms with Gasteiger partial charge in [-0.1, -0.05) is 97.1 Å². The second-order valence-corrected chi connectivity index (χ2v) is 8.98. The van der Waals surface area contributed by atoms with Gasteiger partial charge in [-0.3, -0.25) is 0 Å². The highest BCUT2D eigenvalue weighted by Gasteiger charge is 2.10. The van der Waals surface area contributed by atoms with Gasteiger partial charge in [0.25, 0.3) is 0 Å². The normalized spacial score (nSPS) is 11.2. The molecule has 0 saturated heterocycles.